The Labute approximate surface area is 190 Å². The molecule has 0 radical (unpaired) electrons. The number of piperazine rings is 1. The maximum atomic E-state index is 12.5. The third-order valence-corrected chi connectivity index (χ3v) is 5.63. The summed E-state index contributed by atoms with van der Waals surface area (Å²) in [6.45, 7) is 4.53. The molecule has 0 aromatic heterocycles. The van der Waals surface area contributed by atoms with Crippen LogP contribution < -0.4 is 9.47 Å². The van der Waals surface area contributed by atoms with Crippen molar-refractivity contribution < 1.29 is 24.2 Å². The summed E-state index contributed by atoms with van der Waals surface area (Å²) in [6.07, 6.45) is 0.528. The first-order chi connectivity index (χ1) is 14.9. The highest BCUT2D eigenvalue weighted by Gasteiger charge is 2.24. The number of phenols is 1. The van der Waals surface area contributed by atoms with Crippen LogP contribution in [0.25, 0.3) is 0 Å². The third kappa shape index (κ3) is 6.62. The average molecular weight is 491 g/mol. The molecular weight excluding hydrogens is 464 g/mol. The monoisotopic (exact) mass is 490 g/mol. The first-order valence-corrected chi connectivity index (χ1v) is 11.1. The van der Waals surface area contributed by atoms with Gasteiger partial charge in [-0.3, -0.25) is 9.59 Å². The van der Waals surface area contributed by atoms with Crippen molar-refractivity contribution in [3.8, 4) is 17.2 Å². The summed E-state index contributed by atoms with van der Waals surface area (Å²) in [5.41, 5.74) is 1.01. The lowest BCUT2D eigenvalue weighted by molar-refractivity contribution is -0.140. The van der Waals surface area contributed by atoms with Crippen LogP contribution in [0.4, 0.5) is 0 Å². The van der Waals surface area contributed by atoms with E-state index in [9.17, 15) is 14.7 Å². The van der Waals surface area contributed by atoms with Gasteiger partial charge in [-0.25, -0.2) is 0 Å². The molecule has 1 aliphatic heterocycles. The summed E-state index contributed by atoms with van der Waals surface area (Å²) in [6, 6.07) is 12.4. The second kappa shape index (κ2) is 11.0. The second-order valence-electron chi connectivity index (χ2n) is 7.34. The molecule has 0 aliphatic carbocycles. The van der Waals surface area contributed by atoms with Crippen LogP contribution in [0, 0.1) is 6.92 Å². The summed E-state index contributed by atoms with van der Waals surface area (Å²) >= 11 is 3.42. The van der Waals surface area contributed by atoms with Crippen molar-refractivity contribution in [2.24, 2.45) is 0 Å². The van der Waals surface area contributed by atoms with E-state index in [1.165, 1.54) is 0 Å². The minimum atomic E-state index is -0.0171. The fourth-order valence-corrected chi connectivity index (χ4v) is 3.85. The van der Waals surface area contributed by atoms with Crippen molar-refractivity contribution in [3.05, 3.63) is 52.5 Å². The van der Waals surface area contributed by atoms with Crippen molar-refractivity contribution in [1.82, 2.24) is 9.80 Å². The number of ether oxygens (including phenoxy) is 2. The molecule has 0 atom stereocenters. The number of carbonyl (C=O) groups is 2. The largest absolute Gasteiger partial charge is 0.504 e. The molecular formula is C23H27BrN2O5. The van der Waals surface area contributed by atoms with Gasteiger partial charge in [-0.05, 0) is 42.8 Å². The van der Waals surface area contributed by atoms with Crippen LogP contribution >= 0.6 is 15.9 Å². The standard InChI is InChI=1S/C23H27BrN2O5/c1-17-16-18(24)6-7-20(17)30-14-8-22(28)25-10-12-26(13-11-25)23(29)9-15-31-21-5-3-2-4-19(21)27/h2-7,16,27H,8-15H2,1H3. The number of benzene rings is 2. The average Bonchev–Trinajstić information content (AvgIpc) is 2.76. The maximum absolute atomic E-state index is 12.5. The van der Waals surface area contributed by atoms with E-state index in [1.54, 1.807) is 34.1 Å². The molecule has 0 saturated carbocycles. The van der Waals surface area contributed by atoms with Crippen molar-refractivity contribution in [2.45, 2.75) is 19.8 Å². The number of para-hydroxylation sites is 2. The van der Waals surface area contributed by atoms with Crippen LogP contribution in [0.1, 0.15) is 18.4 Å². The number of amides is 2. The van der Waals surface area contributed by atoms with Gasteiger partial charge in [0.15, 0.2) is 11.5 Å². The van der Waals surface area contributed by atoms with E-state index in [-0.39, 0.29) is 30.6 Å². The number of hydrogen-bond donors (Lipinski definition) is 1. The van der Waals surface area contributed by atoms with E-state index in [4.69, 9.17) is 9.47 Å². The van der Waals surface area contributed by atoms with Gasteiger partial charge in [0.1, 0.15) is 5.75 Å². The van der Waals surface area contributed by atoms with E-state index in [0.717, 1.165) is 15.8 Å². The number of aromatic hydroxyl groups is 1. The Kier molecular flexibility index (Phi) is 8.17. The van der Waals surface area contributed by atoms with Crippen LogP contribution in [-0.2, 0) is 9.59 Å². The third-order valence-electron chi connectivity index (χ3n) is 5.13. The van der Waals surface area contributed by atoms with Crippen molar-refractivity contribution in [3.63, 3.8) is 0 Å². The van der Waals surface area contributed by atoms with Crippen molar-refractivity contribution >= 4 is 27.7 Å². The Morgan fingerprint density at radius 1 is 0.903 bits per heavy atom. The molecule has 166 valence electrons. The van der Waals surface area contributed by atoms with Crippen molar-refractivity contribution in [1.29, 1.82) is 0 Å². The quantitative estimate of drug-likeness (QED) is 0.613. The Morgan fingerprint density at radius 2 is 1.45 bits per heavy atom. The van der Waals surface area contributed by atoms with Crippen LogP contribution in [0.3, 0.4) is 0 Å². The fourth-order valence-electron chi connectivity index (χ4n) is 3.37. The molecule has 8 heteroatoms. The molecule has 1 heterocycles. The highest BCUT2D eigenvalue weighted by atomic mass is 79.9. The molecule has 3 rings (SSSR count). The molecule has 0 unspecified atom stereocenters. The SMILES string of the molecule is Cc1cc(Br)ccc1OCCC(=O)N1CCN(C(=O)CCOc2ccccc2O)CC1. The van der Waals surface area contributed by atoms with E-state index < -0.39 is 0 Å². The molecule has 1 fully saturated rings. The predicted octanol–water partition coefficient (Wildman–Crippen LogP) is 3.37. The van der Waals surface area contributed by atoms with Gasteiger partial charge < -0.3 is 24.4 Å². The number of halogens is 1. The minimum Gasteiger partial charge on any atom is -0.504 e. The zero-order chi connectivity index (χ0) is 22.2. The maximum Gasteiger partial charge on any atom is 0.226 e. The topological polar surface area (TPSA) is 79.3 Å². The summed E-state index contributed by atoms with van der Waals surface area (Å²) in [5, 5.41) is 9.69. The molecule has 1 saturated heterocycles. The van der Waals surface area contributed by atoms with Crippen LogP contribution in [0.2, 0.25) is 0 Å². The fraction of sp³-hybridized carbons (Fsp3) is 0.391. The highest BCUT2D eigenvalue weighted by Crippen LogP contribution is 2.24. The molecule has 0 spiro atoms. The van der Waals surface area contributed by atoms with Gasteiger partial charge in [0.25, 0.3) is 0 Å². The number of phenolic OH excluding ortho intramolecular Hbond substituents is 1. The Bertz CT molecular complexity index is 913. The molecule has 1 aliphatic rings. The van der Waals surface area contributed by atoms with Gasteiger partial charge in [-0.1, -0.05) is 28.1 Å². The molecule has 0 bridgehead atoms. The lowest BCUT2D eigenvalue weighted by Gasteiger charge is -2.35. The molecule has 7 nitrogen and oxygen atoms in total. The number of aryl methyl sites for hydroxylation is 1. The molecule has 2 aromatic carbocycles. The minimum absolute atomic E-state index is 0.0171. The van der Waals surface area contributed by atoms with Crippen molar-refractivity contribution in [2.75, 3.05) is 39.4 Å². The first kappa shape index (κ1) is 22.9. The van der Waals surface area contributed by atoms with Gasteiger partial charge in [0.05, 0.1) is 26.1 Å². The molecule has 2 amide bonds. The highest BCUT2D eigenvalue weighted by molar-refractivity contribution is 9.10. The first-order valence-electron chi connectivity index (χ1n) is 10.3. The van der Waals surface area contributed by atoms with E-state index >= 15 is 0 Å². The normalized spacial score (nSPS) is 13.7. The number of hydrogen-bond acceptors (Lipinski definition) is 5. The zero-order valence-corrected chi connectivity index (χ0v) is 19.1. The van der Waals surface area contributed by atoms with Gasteiger partial charge in [-0.15, -0.1) is 0 Å². The van der Waals surface area contributed by atoms with Crippen LogP contribution in [-0.4, -0.2) is 66.1 Å². The van der Waals surface area contributed by atoms with Crippen LogP contribution in [0.5, 0.6) is 17.2 Å². The summed E-state index contributed by atoms with van der Waals surface area (Å²) in [7, 11) is 0. The second-order valence-corrected chi connectivity index (χ2v) is 8.25. The van der Waals surface area contributed by atoms with E-state index in [1.807, 2.05) is 25.1 Å². The summed E-state index contributed by atoms with van der Waals surface area (Å²) in [4.78, 5) is 28.4. The Morgan fingerprint density at radius 3 is 2.00 bits per heavy atom. The van der Waals surface area contributed by atoms with Gasteiger partial charge in [0, 0.05) is 30.7 Å². The predicted molar refractivity (Wildman–Crippen MR) is 120 cm³/mol. The lowest BCUT2D eigenvalue weighted by Crippen LogP contribution is -2.51. The lowest BCUT2D eigenvalue weighted by atomic mass is 10.2. The Balaban J connectivity index is 1.35. The van der Waals surface area contributed by atoms with Gasteiger partial charge in [0.2, 0.25) is 11.8 Å². The Hall–Kier alpha value is -2.74. The number of rotatable bonds is 8. The smallest absolute Gasteiger partial charge is 0.226 e. The summed E-state index contributed by atoms with van der Waals surface area (Å²) < 4.78 is 12.2. The molecule has 2 aromatic rings. The van der Waals surface area contributed by atoms with E-state index in [0.29, 0.717) is 45.0 Å². The number of nitrogens with zero attached hydrogens (tertiary/aromatic N) is 2. The molecule has 1 N–H and O–H groups in total. The van der Waals surface area contributed by atoms with E-state index in [2.05, 4.69) is 15.9 Å². The molecule has 31 heavy (non-hydrogen) atoms. The summed E-state index contributed by atoms with van der Waals surface area (Å²) in [5.74, 6) is 1.21. The number of carbonyl (C=O) groups excluding carboxylic acids is 2. The van der Waals surface area contributed by atoms with Gasteiger partial charge in [-0.2, -0.15) is 0 Å². The van der Waals surface area contributed by atoms with Crippen LogP contribution in [0.15, 0.2) is 46.9 Å². The zero-order valence-electron chi connectivity index (χ0n) is 17.6. The van der Waals surface area contributed by atoms with Gasteiger partial charge >= 0.3 is 0 Å².